The normalized spacial score (nSPS) is 19.2. The molecule has 2 heterocycles. The van der Waals surface area contributed by atoms with Gasteiger partial charge in [0.1, 0.15) is 4.90 Å². The number of alkyl halides is 1. The van der Waals surface area contributed by atoms with E-state index in [1.807, 2.05) is 11.5 Å². The van der Waals surface area contributed by atoms with Gasteiger partial charge in [-0.3, -0.25) is 0 Å². The smallest absolute Gasteiger partial charge is 0.244 e. The molecule has 0 radical (unpaired) electrons. The Labute approximate surface area is 133 Å². The number of hydrogen-bond donors (Lipinski definition) is 0. The van der Waals surface area contributed by atoms with Gasteiger partial charge in [0.25, 0.3) is 0 Å². The molecule has 2 rings (SSSR count). The lowest BCUT2D eigenvalue weighted by Crippen LogP contribution is -2.31. The molecule has 0 bridgehead atoms. The van der Waals surface area contributed by atoms with E-state index in [2.05, 4.69) is 13.8 Å². The van der Waals surface area contributed by atoms with E-state index >= 15 is 0 Å². The van der Waals surface area contributed by atoms with Crippen LogP contribution in [0.25, 0.3) is 0 Å². The molecule has 4 nitrogen and oxygen atoms in total. The Hall–Kier alpha value is -0.520. The number of rotatable bonds is 6. The molecule has 0 aliphatic carbocycles. The van der Waals surface area contributed by atoms with Crippen LogP contribution in [0.15, 0.2) is 17.2 Å². The van der Waals surface area contributed by atoms with Crippen molar-refractivity contribution < 1.29 is 8.42 Å². The van der Waals surface area contributed by atoms with Gasteiger partial charge in [0.05, 0.1) is 5.88 Å². The molecule has 1 fully saturated rings. The Bertz CT molecular complexity index is 569. The third-order valence-corrected chi connectivity index (χ3v) is 7.06. The monoisotopic (exact) mass is 332 g/mol. The summed E-state index contributed by atoms with van der Waals surface area (Å²) in [5.41, 5.74) is 1.00. The number of sulfonamides is 1. The van der Waals surface area contributed by atoms with Gasteiger partial charge in [-0.15, -0.1) is 11.6 Å². The molecule has 0 saturated carbocycles. The average molecular weight is 333 g/mol. The molecule has 0 unspecified atom stereocenters. The van der Waals surface area contributed by atoms with Crippen LogP contribution in [0.3, 0.4) is 0 Å². The van der Waals surface area contributed by atoms with Crippen LogP contribution in [0, 0.1) is 5.41 Å². The second-order valence-electron chi connectivity index (χ2n) is 5.88. The number of aryl methyl sites for hydroxylation is 1. The van der Waals surface area contributed by atoms with Gasteiger partial charge in [0, 0.05) is 31.5 Å². The first-order valence-corrected chi connectivity index (χ1v) is 9.65. The molecule has 0 amide bonds. The second-order valence-corrected chi connectivity index (χ2v) is 8.09. The van der Waals surface area contributed by atoms with Gasteiger partial charge in [0.2, 0.25) is 10.0 Å². The van der Waals surface area contributed by atoms with E-state index in [-0.39, 0.29) is 5.41 Å². The fraction of sp³-hybridized carbons (Fsp3) is 0.733. The Balaban J connectivity index is 2.29. The van der Waals surface area contributed by atoms with Gasteiger partial charge in [-0.25, -0.2) is 8.42 Å². The van der Waals surface area contributed by atoms with Crippen molar-refractivity contribution in [3.05, 3.63) is 18.0 Å². The maximum atomic E-state index is 12.8. The minimum Gasteiger partial charge on any atom is -0.349 e. The minimum absolute atomic E-state index is 0.149. The summed E-state index contributed by atoms with van der Waals surface area (Å²) in [6, 6.07) is 1.71. The van der Waals surface area contributed by atoms with Gasteiger partial charge < -0.3 is 4.57 Å². The van der Waals surface area contributed by atoms with E-state index in [0.29, 0.717) is 23.9 Å². The Morgan fingerprint density at radius 3 is 2.38 bits per heavy atom. The molecule has 6 heteroatoms. The van der Waals surface area contributed by atoms with Gasteiger partial charge in [-0.05, 0) is 37.7 Å². The third-order valence-electron chi connectivity index (χ3n) is 4.98. The topological polar surface area (TPSA) is 42.3 Å². The second kappa shape index (κ2) is 6.31. The predicted molar refractivity (Wildman–Crippen MR) is 86.1 cm³/mol. The van der Waals surface area contributed by atoms with Crippen LogP contribution in [0.4, 0.5) is 0 Å². The zero-order chi connectivity index (χ0) is 15.7. The zero-order valence-electron chi connectivity index (χ0n) is 13.1. The van der Waals surface area contributed by atoms with Crippen molar-refractivity contribution in [1.82, 2.24) is 8.87 Å². The van der Waals surface area contributed by atoms with E-state index in [4.69, 9.17) is 11.6 Å². The fourth-order valence-electron chi connectivity index (χ4n) is 3.15. The first kappa shape index (κ1) is 16.8. The van der Waals surface area contributed by atoms with E-state index in [9.17, 15) is 8.42 Å². The van der Waals surface area contributed by atoms with E-state index in [0.717, 1.165) is 31.5 Å². The molecule has 0 aromatic carbocycles. The highest BCUT2D eigenvalue weighted by Crippen LogP contribution is 2.39. The molecule has 1 aromatic heterocycles. The molecule has 1 saturated heterocycles. The van der Waals surface area contributed by atoms with Crippen LogP contribution in [0.2, 0.25) is 0 Å². The summed E-state index contributed by atoms with van der Waals surface area (Å²) in [4.78, 5) is 0.378. The third kappa shape index (κ3) is 3.01. The summed E-state index contributed by atoms with van der Waals surface area (Å²) >= 11 is 5.89. The molecule has 0 N–H and O–H groups in total. The lowest BCUT2D eigenvalue weighted by molar-refractivity contribution is 0.279. The Kier molecular flexibility index (Phi) is 5.06. The summed E-state index contributed by atoms with van der Waals surface area (Å²) in [7, 11) is -3.40. The average Bonchev–Trinajstić information content (AvgIpc) is 3.12. The molecule has 0 spiro atoms. The van der Waals surface area contributed by atoms with Crippen LogP contribution >= 0.6 is 11.6 Å². The molecule has 1 aliphatic rings. The van der Waals surface area contributed by atoms with E-state index in [1.54, 1.807) is 16.6 Å². The number of halogens is 1. The van der Waals surface area contributed by atoms with Crippen LogP contribution in [0.5, 0.6) is 0 Å². The van der Waals surface area contributed by atoms with Crippen molar-refractivity contribution in [1.29, 1.82) is 0 Å². The highest BCUT2D eigenvalue weighted by Gasteiger charge is 2.40. The summed E-state index contributed by atoms with van der Waals surface area (Å²) in [6.45, 7) is 8.28. The summed E-state index contributed by atoms with van der Waals surface area (Å²) in [5.74, 6) is 0.331. The molecular formula is C15H25ClN2O2S. The van der Waals surface area contributed by atoms with Crippen LogP contribution in [-0.2, 0) is 22.4 Å². The SMILES string of the molecule is CCn1cc(S(=O)(=O)N2CCC(CC)(CC)C2)cc1CCl. The molecule has 1 aromatic rings. The molecule has 21 heavy (non-hydrogen) atoms. The van der Waals surface area contributed by atoms with Crippen molar-refractivity contribution in [3.63, 3.8) is 0 Å². The van der Waals surface area contributed by atoms with Gasteiger partial charge in [0.15, 0.2) is 0 Å². The maximum absolute atomic E-state index is 12.8. The lowest BCUT2D eigenvalue weighted by Gasteiger charge is -2.26. The first-order valence-electron chi connectivity index (χ1n) is 7.67. The highest BCUT2D eigenvalue weighted by molar-refractivity contribution is 7.89. The van der Waals surface area contributed by atoms with Gasteiger partial charge in [-0.1, -0.05) is 13.8 Å². The standard InChI is InChI=1S/C15H25ClN2O2S/c1-4-15(5-2)7-8-18(12-15)21(19,20)14-9-13(10-16)17(6-3)11-14/h9,11H,4-8,10,12H2,1-3H3. The van der Waals surface area contributed by atoms with Crippen molar-refractivity contribution in [3.8, 4) is 0 Å². The quantitative estimate of drug-likeness (QED) is 0.749. The van der Waals surface area contributed by atoms with Gasteiger partial charge >= 0.3 is 0 Å². The molecule has 0 atom stereocenters. The van der Waals surface area contributed by atoms with E-state index < -0.39 is 10.0 Å². The number of aromatic nitrogens is 1. The van der Waals surface area contributed by atoms with Crippen molar-refractivity contribution in [2.75, 3.05) is 13.1 Å². The van der Waals surface area contributed by atoms with Crippen LogP contribution < -0.4 is 0 Å². The number of nitrogens with zero attached hydrogens (tertiary/aromatic N) is 2. The summed E-state index contributed by atoms with van der Waals surface area (Å²) in [5, 5.41) is 0. The van der Waals surface area contributed by atoms with Crippen LogP contribution in [0.1, 0.15) is 45.7 Å². The van der Waals surface area contributed by atoms with Crippen molar-refractivity contribution in [2.24, 2.45) is 5.41 Å². The lowest BCUT2D eigenvalue weighted by atomic mass is 9.82. The minimum atomic E-state index is -3.40. The Morgan fingerprint density at radius 2 is 1.95 bits per heavy atom. The molecular weight excluding hydrogens is 308 g/mol. The van der Waals surface area contributed by atoms with Crippen molar-refractivity contribution >= 4 is 21.6 Å². The Morgan fingerprint density at radius 1 is 1.29 bits per heavy atom. The first-order chi connectivity index (χ1) is 9.92. The molecule has 120 valence electrons. The maximum Gasteiger partial charge on any atom is 0.244 e. The van der Waals surface area contributed by atoms with Crippen LogP contribution in [-0.4, -0.2) is 30.4 Å². The molecule has 1 aliphatic heterocycles. The zero-order valence-corrected chi connectivity index (χ0v) is 14.7. The fourth-order valence-corrected chi connectivity index (χ4v) is 5.00. The predicted octanol–water partition coefficient (Wildman–Crippen LogP) is 3.45. The largest absolute Gasteiger partial charge is 0.349 e. The summed E-state index contributed by atoms with van der Waals surface area (Å²) < 4.78 is 29.2. The highest BCUT2D eigenvalue weighted by atomic mass is 35.5. The number of hydrogen-bond acceptors (Lipinski definition) is 2. The van der Waals surface area contributed by atoms with E-state index in [1.165, 1.54) is 0 Å². The van der Waals surface area contributed by atoms with Crippen molar-refractivity contribution in [2.45, 2.75) is 57.4 Å². The summed E-state index contributed by atoms with van der Waals surface area (Å²) in [6.07, 6.45) is 4.72. The van der Waals surface area contributed by atoms with Gasteiger partial charge in [-0.2, -0.15) is 4.31 Å².